The number of carbonyl (C=O) groups is 3. The van der Waals surface area contributed by atoms with Gasteiger partial charge in [0, 0.05) is 17.7 Å². The Balaban J connectivity index is 1.86. The van der Waals surface area contributed by atoms with Crippen LogP contribution in [0.15, 0.2) is 57.5 Å². The predicted molar refractivity (Wildman–Crippen MR) is 127 cm³/mol. The highest BCUT2D eigenvalue weighted by Crippen LogP contribution is 2.29. The first kappa shape index (κ1) is 24.7. The van der Waals surface area contributed by atoms with E-state index in [-0.39, 0.29) is 23.7 Å². The Hall–Kier alpha value is -3.92. The summed E-state index contributed by atoms with van der Waals surface area (Å²) >= 11 is 0. The summed E-state index contributed by atoms with van der Waals surface area (Å²) < 4.78 is 10.9. The van der Waals surface area contributed by atoms with E-state index in [1.54, 1.807) is 56.3 Å². The van der Waals surface area contributed by atoms with Crippen molar-refractivity contribution in [1.29, 1.82) is 5.26 Å². The molecule has 7 heteroatoms. The lowest BCUT2D eigenvalue weighted by molar-refractivity contribution is -0.140. The Labute approximate surface area is 199 Å². The second-order valence-electron chi connectivity index (χ2n) is 7.99. The molecule has 7 nitrogen and oxygen atoms in total. The number of amides is 2. The zero-order chi connectivity index (χ0) is 24.7. The van der Waals surface area contributed by atoms with Crippen molar-refractivity contribution in [1.82, 2.24) is 4.90 Å². The number of rotatable bonds is 9. The van der Waals surface area contributed by atoms with E-state index in [1.165, 1.54) is 0 Å². The molecule has 1 aromatic carbocycles. The second kappa shape index (κ2) is 11.3. The van der Waals surface area contributed by atoms with Crippen LogP contribution in [0, 0.1) is 11.3 Å². The lowest BCUT2D eigenvalue weighted by Crippen LogP contribution is -2.43. The summed E-state index contributed by atoms with van der Waals surface area (Å²) in [4.78, 5) is 38.8. The number of hydrogen-bond acceptors (Lipinski definition) is 6. The van der Waals surface area contributed by atoms with Crippen LogP contribution >= 0.6 is 0 Å². The summed E-state index contributed by atoms with van der Waals surface area (Å²) in [6.45, 7) is 6.03. The average molecular weight is 461 g/mol. The molecule has 0 fully saturated rings. The quantitative estimate of drug-likeness (QED) is 0.218. The van der Waals surface area contributed by atoms with Crippen molar-refractivity contribution in [2.45, 2.75) is 46.5 Å². The van der Waals surface area contributed by atoms with Gasteiger partial charge >= 0.3 is 5.97 Å². The molecule has 0 unspecified atom stereocenters. The molecule has 2 heterocycles. The van der Waals surface area contributed by atoms with Gasteiger partial charge in [-0.1, -0.05) is 38.3 Å². The fourth-order valence-electron chi connectivity index (χ4n) is 3.74. The lowest BCUT2D eigenvalue weighted by Gasteiger charge is -2.27. The molecule has 2 amide bonds. The summed E-state index contributed by atoms with van der Waals surface area (Å²) in [5, 5.41) is 9.53. The van der Waals surface area contributed by atoms with E-state index in [0.717, 1.165) is 29.7 Å². The van der Waals surface area contributed by atoms with Gasteiger partial charge in [-0.3, -0.25) is 14.5 Å². The third-order valence-electron chi connectivity index (χ3n) is 5.65. The standard InChI is InChI=1S/C27H28N2O5/c1-4-6-7-8-15-29-25(30)22(18(3)23(17-28)26(29)31)16-21-13-14-24(34-21)19-9-11-20(12-10-19)27(32)33-5-2/h9-14,16H,4-8,15H2,1-3H3/b22-16+. The number of hydrogen-bond donors (Lipinski definition) is 0. The van der Waals surface area contributed by atoms with Crippen molar-refractivity contribution in [3.63, 3.8) is 0 Å². The van der Waals surface area contributed by atoms with Crippen molar-refractivity contribution in [2.75, 3.05) is 13.2 Å². The number of imide groups is 1. The van der Waals surface area contributed by atoms with Crippen LogP contribution in [0.1, 0.15) is 62.6 Å². The van der Waals surface area contributed by atoms with E-state index < -0.39 is 11.8 Å². The van der Waals surface area contributed by atoms with Gasteiger partial charge in [-0.15, -0.1) is 0 Å². The second-order valence-corrected chi connectivity index (χ2v) is 7.99. The van der Waals surface area contributed by atoms with Gasteiger partial charge in [0.05, 0.1) is 12.2 Å². The fourth-order valence-corrected chi connectivity index (χ4v) is 3.74. The largest absolute Gasteiger partial charge is 0.462 e. The fraction of sp³-hybridized carbons (Fsp3) is 0.333. The molecule has 0 aliphatic carbocycles. The van der Waals surface area contributed by atoms with Gasteiger partial charge in [-0.05, 0) is 56.2 Å². The van der Waals surface area contributed by atoms with E-state index in [2.05, 4.69) is 6.92 Å². The van der Waals surface area contributed by atoms with Crippen LogP contribution in [-0.4, -0.2) is 35.8 Å². The molecule has 0 saturated carbocycles. The smallest absolute Gasteiger partial charge is 0.338 e. The first-order valence-electron chi connectivity index (χ1n) is 11.5. The summed E-state index contributed by atoms with van der Waals surface area (Å²) in [5.74, 6) is -0.376. The molecule has 0 spiro atoms. The maximum atomic E-state index is 13.1. The maximum Gasteiger partial charge on any atom is 0.338 e. The monoisotopic (exact) mass is 460 g/mol. The Morgan fingerprint density at radius 2 is 1.79 bits per heavy atom. The van der Waals surface area contributed by atoms with Gasteiger partial charge < -0.3 is 9.15 Å². The minimum absolute atomic E-state index is 0.0253. The molecule has 1 aromatic heterocycles. The molecule has 0 saturated heterocycles. The van der Waals surface area contributed by atoms with Gasteiger partial charge in [0.1, 0.15) is 23.2 Å². The van der Waals surface area contributed by atoms with Gasteiger partial charge in [0.2, 0.25) is 0 Å². The molecule has 0 atom stereocenters. The number of esters is 1. The van der Waals surface area contributed by atoms with Gasteiger partial charge in [-0.2, -0.15) is 5.26 Å². The third-order valence-corrected chi connectivity index (χ3v) is 5.65. The normalized spacial score (nSPS) is 15.1. The van der Waals surface area contributed by atoms with Crippen LogP contribution in [0.4, 0.5) is 0 Å². The van der Waals surface area contributed by atoms with Crippen molar-refractivity contribution in [2.24, 2.45) is 0 Å². The molecule has 0 bridgehead atoms. The summed E-state index contributed by atoms with van der Waals surface area (Å²) in [6.07, 6.45) is 5.24. The highest BCUT2D eigenvalue weighted by Gasteiger charge is 2.35. The average Bonchev–Trinajstić information content (AvgIpc) is 3.30. The van der Waals surface area contributed by atoms with Crippen LogP contribution in [0.3, 0.4) is 0 Å². The molecule has 1 aliphatic rings. The van der Waals surface area contributed by atoms with Crippen LogP contribution in [0.25, 0.3) is 17.4 Å². The number of nitriles is 1. The summed E-state index contributed by atoms with van der Waals surface area (Å²) in [7, 11) is 0. The number of benzene rings is 1. The maximum absolute atomic E-state index is 13.1. The van der Waals surface area contributed by atoms with Crippen LogP contribution in [-0.2, 0) is 14.3 Å². The first-order valence-corrected chi connectivity index (χ1v) is 11.5. The lowest BCUT2D eigenvalue weighted by atomic mass is 9.94. The van der Waals surface area contributed by atoms with Crippen molar-refractivity contribution >= 4 is 23.9 Å². The number of carbonyl (C=O) groups excluding carboxylic acids is 3. The minimum atomic E-state index is -0.541. The van der Waals surface area contributed by atoms with Crippen molar-refractivity contribution in [3.05, 3.63) is 64.4 Å². The van der Waals surface area contributed by atoms with Crippen LogP contribution < -0.4 is 0 Å². The molecule has 3 rings (SSSR count). The van der Waals surface area contributed by atoms with E-state index in [9.17, 15) is 19.6 Å². The van der Waals surface area contributed by atoms with Gasteiger partial charge in [-0.25, -0.2) is 4.79 Å². The summed E-state index contributed by atoms with van der Waals surface area (Å²) in [5.41, 5.74) is 1.79. The van der Waals surface area contributed by atoms with E-state index >= 15 is 0 Å². The molecule has 176 valence electrons. The molecule has 34 heavy (non-hydrogen) atoms. The summed E-state index contributed by atoms with van der Waals surface area (Å²) in [6, 6.07) is 12.3. The van der Waals surface area contributed by atoms with Crippen LogP contribution in [0.2, 0.25) is 0 Å². The number of ether oxygens (including phenoxy) is 1. The van der Waals surface area contributed by atoms with Crippen molar-refractivity contribution in [3.8, 4) is 17.4 Å². The predicted octanol–water partition coefficient (Wildman–Crippen LogP) is 5.30. The van der Waals surface area contributed by atoms with E-state index in [0.29, 0.717) is 35.7 Å². The Bertz CT molecular complexity index is 1180. The Morgan fingerprint density at radius 3 is 2.44 bits per heavy atom. The van der Waals surface area contributed by atoms with Crippen molar-refractivity contribution < 1.29 is 23.5 Å². The molecule has 0 N–H and O–H groups in total. The van der Waals surface area contributed by atoms with E-state index in [1.807, 2.05) is 6.07 Å². The Kier molecular flexibility index (Phi) is 8.20. The zero-order valence-corrected chi connectivity index (χ0v) is 19.7. The molecular formula is C27H28N2O5. The number of unbranched alkanes of at least 4 members (excludes halogenated alkanes) is 3. The SMILES string of the molecule is CCCCCCN1C(=O)C(C#N)=C(C)/C(=C\c2ccc(-c3ccc(C(=O)OCC)cc3)o2)C1=O. The third kappa shape index (κ3) is 5.34. The zero-order valence-electron chi connectivity index (χ0n) is 19.7. The van der Waals surface area contributed by atoms with Crippen LogP contribution in [0.5, 0.6) is 0 Å². The topological polar surface area (TPSA) is 101 Å². The molecular weight excluding hydrogens is 432 g/mol. The number of nitrogens with zero attached hydrogens (tertiary/aromatic N) is 2. The van der Waals surface area contributed by atoms with Gasteiger partial charge in [0.15, 0.2) is 0 Å². The highest BCUT2D eigenvalue weighted by atomic mass is 16.5. The van der Waals surface area contributed by atoms with Gasteiger partial charge in [0.25, 0.3) is 11.8 Å². The minimum Gasteiger partial charge on any atom is -0.462 e. The van der Waals surface area contributed by atoms with E-state index in [4.69, 9.17) is 9.15 Å². The molecule has 0 radical (unpaired) electrons. The highest BCUT2D eigenvalue weighted by molar-refractivity contribution is 6.19. The number of furan rings is 1. The molecule has 1 aliphatic heterocycles. The Morgan fingerprint density at radius 1 is 1.06 bits per heavy atom. The molecule has 2 aromatic rings. The first-order chi connectivity index (χ1) is 16.4.